The number of nitrogens with zero attached hydrogens (tertiary/aromatic N) is 5. The van der Waals surface area contributed by atoms with Crippen molar-refractivity contribution in [3.05, 3.63) is 81.4 Å². The predicted molar refractivity (Wildman–Crippen MR) is 101 cm³/mol. The fourth-order valence-electron chi connectivity index (χ4n) is 2.88. The molecule has 0 fully saturated rings. The molecule has 2 aromatic carbocycles. The quantitative estimate of drug-likeness (QED) is 0.557. The van der Waals surface area contributed by atoms with Crippen LogP contribution in [0.2, 0.25) is 5.02 Å². The molecule has 0 unspecified atom stereocenters. The molecule has 2 heterocycles. The Hall–Kier alpha value is -2.99. The van der Waals surface area contributed by atoms with Crippen LogP contribution in [0.3, 0.4) is 0 Å². The van der Waals surface area contributed by atoms with Crippen LogP contribution in [0, 0.1) is 6.92 Å². The van der Waals surface area contributed by atoms with Gasteiger partial charge in [0.2, 0.25) is 0 Å². The SMILES string of the molecule is Cc1ccc(-n2nnc3c(=O)n([C@H](C)c4ccccc4)cnc32)cc1Cl. The van der Waals surface area contributed by atoms with E-state index in [-0.39, 0.29) is 17.1 Å². The Morgan fingerprint density at radius 1 is 1.12 bits per heavy atom. The molecular weight excluding hydrogens is 350 g/mol. The summed E-state index contributed by atoms with van der Waals surface area (Å²) in [6, 6.07) is 15.2. The van der Waals surface area contributed by atoms with Gasteiger partial charge in [0, 0.05) is 5.02 Å². The minimum Gasteiger partial charge on any atom is -0.290 e. The molecule has 0 saturated heterocycles. The van der Waals surface area contributed by atoms with Crippen molar-refractivity contribution in [3.8, 4) is 5.69 Å². The molecule has 4 rings (SSSR count). The Balaban J connectivity index is 1.83. The number of benzene rings is 2. The average Bonchev–Trinajstić information content (AvgIpc) is 3.09. The smallest absolute Gasteiger partial charge is 0.284 e. The van der Waals surface area contributed by atoms with Gasteiger partial charge in [-0.3, -0.25) is 9.36 Å². The summed E-state index contributed by atoms with van der Waals surface area (Å²) < 4.78 is 3.10. The third kappa shape index (κ3) is 2.68. The van der Waals surface area contributed by atoms with Gasteiger partial charge in [0.15, 0.2) is 11.2 Å². The lowest BCUT2D eigenvalue weighted by Crippen LogP contribution is -2.24. The van der Waals surface area contributed by atoms with Crippen LogP contribution in [0.4, 0.5) is 0 Å². The van der Waals surface area contributed by atoms with Crippen molar-refractivity contribution < 1.29 is 0 Å². The zero-order chi connectivity index (χ0) is 18.3. The maximum absolute atomic E-state index is 12.9. The highest BCUT2D eigenvalue weighted by Crippen LogP contribution is 2.21. The molecule has 0 aliphatic rings. The van der Waals surface area contributed by atoms with Crippen LogP contribution in [-0.2, 0) is 0 Å². The Morgan fingerprint density at radius 3 is 2.62 bits per heavy atom. The topological polar surface area (TPSA) is 65.6 Å². The van der Waals surface area contributed by atoms with Gasteiger partial charge >= 0.3 is 0 Å². The van der Waals surface area contributed by atoms with Gasteiger partial charge in [-0.1, -0.05) is 53.2 Å². The summed E-state index contributed by atoms with van der Waals surface area (Å²) in [5.41, 5.74) is 3.11. The first-order valence-corrected chi connectivity index (χ1v) is 8.58. The predicted octanol–water partition coefficient (Wildman–Crippen LogP) is 3.55. The largest absolute Gasteiger partial charge is 0.290 e. The molecule has 26 heavy (non-hydrogen) atoms. The minimum atomic E-state index is -0.226. The van der Waals surface area contributed by atoms with Crippen molar-refractivity contribution >= 4 is 22.8 Å². The zero-order valence-corrected chi connectivity index (χ0v) is 15.1. The summed E-state index contributed by atoms with van der Waals surface area (Å²) in [7, 11) is 0. The van der Waals surface area contributed by atoms with Crippen LogP contribution in [0.25, 0.3) is 16.9 Å². The molecule has 4 aromatic rings. The maximum Gasteiger partial charge on any atom is 0.284 e. The highest BCUT2D eigenvalue weighted by atomic mass is 35.5. The Bertz CT molecular complexity index is 1150. The van der Waals surface area contributed by atoms with Crippen LogP contribution < -0.4 is 5.56 Å². The molecule has 130 valence electrons. The first-order valence-electron chi connectivity index (χ1n) is 8.20. The van der Waals surface area contributed by atoms with Crippen LogP contribution in [0.1, 0.15) is 24.1 Å². The number of fused-ring (bicyclic) bond motifs is 1. The van der Waals surface area contributed by atoms with Gasteiger partial charge in [0.1, 0.15) is 6.33 Å². The molecule has 0 aliphatic carbocycles. The fourth-order valence-corrected chi connectivity index (χ4v) is 3.05. The zero-order valence-electron chi connectivity index (χ0n) is 14.3. The van der Waals surface area contributed by atoms with Crippen molar-refractivity contribution in [3.63, 3.8) is 0 Å². The van der Waals surface area contributed by atoms with Crippen molar-refractivity contribution in [1.29, 1.82) is 0 Å². The van der Waals surface area contributed by atoms with E-state index in [2.05, 4.69) is 15.3 Å². The molecule has 6 nitrogen and oxygen atoms in total. The summed E-state index contributed by atoms with van der Waals surface area (Å²) in [5.74, 6) is 0. The summed E-state index contributed by atoms with van der Waals surface area (Å²) >= 11 is 6.20. The molecule has 0 amide bonds. The lowest BCUT2D eigenvalue weighted by molar-refractivity contribution is 0.607. The van der Waals surface area contributed by atoms with Gasteiger partial charge in [0.25, 0.3) is 5.56 Å². The number of hydrogen-bond acceptors (Lipinski definition) is 4. The lowest BCUT2D eigenvalue weighted by atomic mass is 10.1. The van der Waals surface area contributed by atoms with Gasteiger partial charge in [-0.25, -0.2) is 4.98 Å². The minimum absolute atomic E-state index is 0.153. The van der Waals surface area contributed by atoms with E-state index in [1.807, 2.05) is 56.3 Å². The third-order valence-electron chi connectivity index (χ3n) is 4.49. The van der Waals surface area contributed by atoms with E-state index >= 15 is 0 Å². The number of hydrogen-bond donors (Lipinski definition) is 0. The van der Waals surface area contributed by atoms with Crippen LogP contribution in [0.5, 0.6) is 0 Å². The third-order valence-corrected chi connectivity index (χ3v) is 4.89. The first kappa shape index (κ1) is 16.5. The molecule has 0 bridgehead atoms. The second kappa shape index (κ2) is 6.38. The summed E-state index contributed by atoms with van der Waals surface area (Å²) in [4.78, 5) is 17.3. The van der Waals surface area contributed by atoms with Crippen LogP contribution >= 0.6 is 11.6 Å². The Morgan fingerprint density at radius 2 is 1.88 bits per heavy atom. The second-order valence-corrected chi connectivity index (χ2v) is 6.56. The second-order valence-electron chi connectivity index (χ2n) is 6.15. The molecule has 0 aliphatic heterocycles. The summed E-state index contributed by atoms with van der Waals surface area (Å²) in [6.45, 7) is 3.88. The maximum atomic E-state index is 12.9. The summed E-state index contributed by atoms with van der Waals surface area (Å²) in [6.07, 6.45) is 1.54. The molecule has 0 spiro atoms. The highest BCUT2D eigenvalue weighted by molar-refractivity contribution is 6.31. The number of aryl methyl sites for hydroxylation is 1. The molecule has 0 saturated carbocycles. The van der Waals surface area contributed by atoms with E-state index in [9.17, 15) is 4.79 Å². The van der Waals surface area contributed by atoms with E-state index in [1.165, 1.54) is 11.0 Å². The van der Waals surface area contributed by atoms with Crippen molar-refractivity contribution in [2.45, 2.75) is 19.9 Å². The number of aromatic nitrogens is 5. The Labute approximate surface area is 154 Å². The Kier molecular flexibility index (Phi) is 4.05. The van der Waals surface area contributed by atoms with E-state index in [0.29, 0.717) is 16.4 Å². The van der Waals surface area contributed by atoms with Gasteiger partial charge in [0.05, 0.1) is 11.7 Å². The number of rotatable bonds is 3. The van der Waals surface area contributed by atoms with E-state index in [0.717, 1.165) is 11.1 Å². The van der Waals surface area contributed by atoms with Crippen molar-refractivity contribution in [1.82, 2.24) is 24.5 Å². The molecule has 7 heteroatoms. The molecule has 0 N–H and O–H groups in total. The van der Waals surface area contributed by atoms with Crippen LogP contribution in [0.15, 0.2) is 59.7 Å². The first-order chi connectivity index (χ1) is 12.6. The normalized spacial score (nSPS) is 12.4. The summed E-state index contributed by atoms with van der Waals surface area (Å²) in [5, 5.41) is 8.78. The van der Waals surface area contributed by atoms with E-state index in [4.69, 9.17) is 11.6 Å². The molecular formula is C19H16ClN5O. The fraction of sp³-hybridized carbons (Fsp3) is 0.158. The number of halogens is 1. The van der Waals surface area contributed by atoms with Crippen molar-refractivity contribution in [2.24, 2.45) is 0 Å². The van der Waals surface area contributed by atoms with E-state index < -0.39 is 0 Å². The monoisotopic (exact) mass is 365 g/mol. The van der Waals surface area contributed by atoms with Crippen LogP contribution in [-0.4, -0.2) is 24.5 Å². The lowest BCUT2D eigenvalue weighted by Gasteiger charge is -2.14. The molecule has 0 radical (unpaired) electrons. The van der Waals surface area contributed by atoms with Gasteiger partial charge in [-0.2, -0.15) is 4.68 Å². The highest BCUT2D eigenvalue weighted by Gasteiger charge is 2.17. The van der Waals surface area contributed by atoms with Gasteiger partial charge < -0.3 is 0 Å². The molecule has 2 aromatic heterocycles. The molecule has 1 atom stereocenters. The van der Waals surface area contributed by atoms with Gasteiger partial charge in [-0.15, -0.1) is 5.10 Å². The van der Waals surface area contributed by atoms with E-state index in [1.54, 1.807) is 10.6 Å². The average molecular weight is 366 g/mol. The van der Waals surface area contributed by atoms with Gasteiger partial charge in [-0.05, 0) is 37.1 Å². The van der Waals surface area contributed by atoms with Crippen molar-refractivity contribution in [2.75, 3.05) is 0 Å². The standard InChI is InChI=1S/C19H16ClN5O/c1-12-8-9-15(10-16(12)20)25-18-17(22-23-25)19(26)24(11-21-18)13(2)14-6-4-3-5-7-14/h3-11,13H,1-2H3/t13-/m1/s1.